The largest absolute Gasteiger partial charge is 0.505 e. The fourth-order valence-electron chi connectivity index (χ4n) is 3.85. The van der Waals surface area contributed by atoms with Crippen LogP contribution in [-0.4, -0.2) is 51.0 Å². The van der Waals surface area contributed by atoms with Crippen LogP contribution in [0.5, 0.6) is 5.75 Å². The van der Waals surface area contributed by atoms with E-state index in [2.05, 4.69) is 15.5 Å². The van der Waals surface area contributed by atoms with Crippen molar-refractivity contribution in [2.24, 2.45) is 10.2 Å². The van der Waals surface area contributed by atoms with Crippen molar-refractivity contribution in [1.29, 1.82) is 0 Å². The summed E-state index contributed by atoms with van der Waals surface area (Å²) in [5.41, 5.74) is 1.37. The summed E-state index contributed by atoms with van der Waals surface area (Å²) < 4.78 is 25.6. The molecule has 10 heteroatoms. The van der Waals surface area contributed by atoms with Gasteiger partial charge in [-0.3, -0.25) is 9.10 Å². The minimum Gasteiger partial charge on any atom is -0.505 e. The number of para-hydroxylation sites is 2. The fourth-order valence-corrected chi connectivity index (χ4v) is 4.57. The molecule has 9 nitrogen and oxygen atoms in total. The molecule has 0 bridgehead atoms. The maximum atomic E-state index is 13.5. The van der Waals surface area contributed by atoms with Crippen molar-refractivity contribution >= 4 is 50.3 Å². The average Bonchev–Trinajstić information content (AvgIpc) is 2.91. The standard InChI is InChI=1S/C28H29N5O4S/c1-19(32(2)3)18-33(38(36)37)25-16-10-9-15-24(25)29-28(35)23-17-20-11-7-8-14-22(20)26(27(23)34)31-30-21-12-5-4-6-13-21/h4-17,19,34,38H,18H2,1-3H3,(H,29,35)/b31-30+. The van der Waals surface area contributed by atoms with Crippen LogP contribution in [0.15, 0.2) is 95.2 Å². The zero-order valence-corrected chi connectivity index (χ0v) is 22.2. The van der Waals surface area contributed by atoms with Crippen molar-refractivity contribution in [3.8, 4) is 5.75 Å². The summed E-state index contributed by atoms with van der Waals surface area (Å²) in [6, 6.07) is 24.5. The van der Waals surface area contributed by atoms with Crippen molar-refractivity contribution in [2.75, 3.05) is 30.3 Å². The van der Waals surface area contributed by atoms with Crippen LogP contribution >= 0.6 is 0 Å². The van der Waals surface area contributed by atoms with E-state index in [4.69, 9.17) is 0 Å². The first kappa shape index (κ1) is 26.8. The highest BCUT2D eigenvalue weighted by atomic mass is 32.2. The van der Waals surface area contributed by atoms with Crippen molar-refractivity contribution in [3.63, 3.8) is 0 Å². The molecule has 0 spiro atoms. The van der Waals surface area contributed by atoms with E-state index in [1.807, 2.05) is 62.3 Å². The minimum absolute atomic E-state index is 0.0137. The van der Waals surface area contributed by atoms with Crippen LogP contribution in [0.4, 0.5) is 22.7 Å². The van der Waals surface area contributed by atoms with Gasteiger partial charge in [-0.2, -0.15) is 5.11 Å². The van der Waals surface area contributed by atoms with Crippen LogP contribution in [0.25, 0.3) is 10.8 Å². The molecule has 1 atom stereocenters. The summed E-state index contributed by atoms with van der Waals surface area (Å²) in [6.07, 6.45) is 0. The molecular weight excluding hydrogens is 502 g/mol. The number of carbonyl (C=O) groups excluding carboxylic acids is 1. The van der Waals surface area contributed by atoms with E-state index in [1.54, 1.807) is 48.5 Å². The molecule has 0 heterocycles. The van der Waals surface area contributed by atoms with E-state index in [0.29, 0.717) is 27.8 Å². The summed E-state index contributed by atoms with van der Waals surface area (Å²) in [6.45, 7) is 2.11. The topological polar surface area (TPSA) is 115 Å². The monoisotopic (exact) mass is 531 g/mol. The number of benzene rings is 4. The van der Waals surface area contributed by atoms with Crippen molar-refractivity contribution in [2.45, 2.75) is 13.0 Å². The van der Waals surface area contributed by atoms with E-state index in [-0.39, 0.29) is 29.6 Å². The van der Waals surface area contributed by atoms with Crippen LogP contribution < -0.4 is 9.62 Å². The van der Waals surface area contributed by atoms with Gasteiger partial charge in [-0.15, -0.1) is 5.11 Å². The Morgan fingerprint density at radius 1 is 0.947 bits per heavy atom. The number of phenols is 1. The lowest BCUT2D eigenvalue weighted by Gasteiger charge is -2.27. The number of hydrogen-bond acceptors (Lipinski definition) is 7. The Balaban J connectivity index is 1.73. The maximum absolute atomic E-state index is 13.5. The Morgan fingerprint density at radius 3 is 2.32 bits per heavy atom. The highest BCUT2D eigenvalue weighted by molar-refractivity contribution is 7.74. The molecule has 0 aliphatic heterocycles. The Bertz CT molecular complexity index is 1550. The molecule has 0 saturated carbocycles. The van der Waals surface area contributed by atoms with Gasteiger partial charge in [0.15, 0.2) is 5.75 Å². The average molecular weight is 532 g/mol. The normalized spacial score (nSPS) is 12.3. The molecule has 0 aliphatic carbocycles. The number of hydrogen-bond donors (Lipinski definition) is 3. The van der Waals surface area contributed by atoms with E-state index in [0.717, 1.165) is 0 Å². The van der Waals surface area contributed by atoms with Crippen LogP contribution in [0.3, 0.4) is 0 Å². The number of azo groups is 1. The van der Waals surface area contributed by atoms with Crippen LogP contribution in [0.1, 0.15) is 17.3 Å². The number of carbonyl (C=O) groups is 1. The van der Waals surface area contributed by atoms with E-state index >= 15 is 0 Å². The third-order valence-electron chi connectivity index (χ3n) is 6.21. The molecule has 0 aromatic heterocycles. The zero-order valence-electron chi connectivity index (χ0n) is 21.3. The predicted molar refractivity (Wildman–Crippen MR) is 151 cm³/mol. The Labute approximate surface area is 223 Å². The molecule has 4 rings (SSSR count). The van der Waals surface area contributed by atoms with E-state index in [1.165, 1.54) is 4.31 Å². The second-order valence-electron chi connectivity index (χ2n) is 8.98. The summed E-state index contributed by atoms with van der Waals surface area (Å²) in [7, 11) is 0.753. The molecule has 0 radical (unpaired) electrons. The third kappa shape index (κ3) is 5.99. The molecule has 4 aromatic rings. The maximum Gasteiger partial charge on any atom is 0.259 e. The number of thiol groups is 1. The molecule has 1 amide bonds. The molecule has 1 unspecified atom stereocenters. The summed E-state index contributed by atoms with van der Waals surface area (Å²) in [5, 5.41) is 23.7. The molecular formula is C28H29N5O4S. The number of rotatable bonds is 9. The second-order valence-corrected chi connectivity index (χ2v) is 9.94. The highest BCUT2D eigenvalue weighted by Crippen LogP contribution is 2.40. The first-order valence-electron chi connectivity index (χ1n) is 12.0. The van der Waals surface area contributed by atoms with Crippen molar-refractivity contribution < 1.29 is 18.3 Å². The molecule has 0 saturated heterocycles. The number of likely N-dealkylation sites (N-methyl/N-ethyl adjacent to an activating group) is 1. The van der Waals surface area contributed by atoms with Crippen LogP contribution in [0.2, 0.25) is 0 Å². The Morgan fingerprint density at radius 2 is 1.61 bits per heavy atom. The summed E-state index contributed by atoms with van der Waals surface area (Å²) in [4.78, 5) is 15.4. The number of nitrogens with one attached hydrogen (secondary N) is 1. The van der Waals surface area contributed by atoms with Gasteiger partial charge < -0.3 is 15.3 Å². The van der Waals surface area contributed by atoms with Gasteiger partial charge in [-0.25, -0.2) is 8.42 Å². The van der Waals surface area contributed by atoms with Gasteiger partial charge in [0, 0.05) is 18.0 Å². The van der Waals surface area contributed by atoms with Gasteiger partial charge in [0.25, 0.3) is 5.91 Å². The van der Waals surface area contributed by atoms with Gasteiger partial charge in [-0.1, -0.05) is 54.6 Å². The first-order valence-corrected chi connectivity index (χ1v) is 13.1. The predicted octanol–water partition coefficient (Wildman–Crippen LogP) is 5.50. The molecule has 0 fully saturated rings. The lowest BCUT2D eigenvalue weighted by molar-refractivity contribution is 0.102. The fraction of sp³-hybridized carbons (Fsp3) is 0.179. The summed E-state index contributed by atoms with van der Waals surface area (Å²) in [5.74, 6) is -0.940. The highest BCUT2D eigenvalue weighted by Gasteiger charge is 2.22. The quantitative estimate of drug-likeness (QED) is 0.195. The van der Waals surface area contributed by atoms with Gasteiger partial charge in [0.2, 0.25) is 10.9 Å². The number of amides is 1. The van der Waals surface area contributed by atoms with Crippen LogP contribution in [-0.2, 0) is 10.9 Å². The summed E-state index contributed by atoms with van der Waals surface area (Å²) >= 11 is 0. The molecule has 2 N–H and O–H groups in total. The van der Waals surface area contributed by atoms with Crippen molar-refractivity contribution in [1.82, 2.24) is 4.90 Å². The number of fused-ring (bicyclic) bond motifs is 1. The lowest BCUT2D eigenvalue weighted by Crippen LogP contribution is -2.38. The number of nitrogens with zero attached hydrogens (tertiary/aromatic N) is 4. The SMILES string of the molecule is CC(CN(c1ccccc1NC(=O)c1cc2ccccc2c(/N=N/c2ccccc2)c1O)[SH](=O)=O)N(C)C. The molecule has 196 valence electrons. The zero-order chi connectivity index (χ0) is 27.2. The molecule has 4 aromatic carbocycles. The Kier molecular flexibility index (Phi) is 8.35. The molecule has 38 heavy (non-hydrogen) atoms. The van der Waals surface area contributed by atoms with E-state index < -0.39 is 16.8 Å². The number of aromatic hydroxyl groups is 1. The third-order valence-corrected chi connectivity index (χ3v) is 6.98. The van der Waals surface area contributed by atoms with Gasteiger partial charge in [-0.05, 0) is 56.7 Å². The van der Waals surface area contributed by atoms with Gasteiger partial charge in [0.1, 0.15) is 5.69 Å². The van der Waals surface area contributed by atoms with Gasteiger partial charge in [0.05, 0.1) is 22.6 Å². The first-order chi connectivity index (χ1) is 18.3. The Hall–Kier alpha value is -4.28. The number of anilines is 2. The smallest absolute Gasteiger partial charge is 0.259 e. The van der Waals surface area contributed by atoms with Crippen molar-refractivity contribution in [3.05, 3.63) is 90.5 Å². The second kappa shape index (κ2) is 11.8. The van der Waals surface area contributed by atoms with Crippen LogP contribution in [0, 0.1) is 0 Å². The number of phenolic OH excluding ortho intramolecular Hbond substituents is 1. The van der Waals surface area contributed by atoms with E-state index in [9.17, 15) is 18.3 Å². The minimum atomic E-state index is -2.98. The van der Waals surface area contributed by atoms with Gasteiger partial charge >= 0.3 is 0 Å². The lowest BCUT2D eigenvalue weighted by atomic mass is 10.0. The molecule has 0 aliphatic rings.